The summed E-state index contributed by atoms with van der Waals surface area (Å²) in [6.45, 7) is 19.7. The Morgan fingerprint density at radius 1 is 0.800 bits per heavy atom. The summed E-state index contributed by atoms with van der Waals surface area (Å²) in [6, 6.07) is 0. The standard InChI is InChI=1S/C21H46O5Si4/c1-27(2,3)24-30(25-28(4,5)6,26-29(7,8)9)19-13-18-23-21(22)17-16-20-14-11-10-12-15-20/h13,19-20H,10-12,14-18H2,1-9H3/b19-13+. The van der Waals surface area contributed by atoms with Crippen molar-refractivity contribution in [3.63, 3.8) is 0 Å². The highest BCUT2D eigenvalue weighted by atomic mass is 28.5. The van der Waals surface area contributed by atoms with Crippen molar-refractivity contribution in [3.8, 4) is 0 Å². The van der Waals surface area contributed by atoms with E-state index in [-0.39, 0.29) is 12.6 Å². The second kappa shape index (κ2) is 11.7. The zero-order valence-corrected chi connectivity index (χ0v) is 24.9. The molecule has 0 amide bonds. The maximum atomic E-state index is 12.2. The molecule has 5 nitrogen and oxygen atoms in total. The molecule has 0 aromatic rings. The molecule has 0 N–H and O–H groups in total. The van der Waals surface area contributed by atoms with Gasteiger partial charge in [-0.3, -0.25) is 4.79 Å². The van der Waals surface area contributed by atoms with Crippen LogP contribution in [-0.2, 0) is 21.9 Å². The largest absolute Gasteiger partial charge is 0.497 e. The first-order chi connectivity index (χ1) is 13.6. The van der Waals surface area contributed by atoms with Crippen molar-refractivity contribution in [1.29, 1.82) is 0 Å². The summed E-state index contributed by atoms with van der Waals surface area (Å²) in [6.07, 6.45) is 9.83. The summed E-state index contributed by atoms with van der Waals surface area (Å²) in [5.74, 6) is 0.586. The summed E-state index contributed by atoms with van der Waals surface area (Å²) in [5, 5.41) is 0. The molecule has 0 spiro atoms. The Balaban J connectivity index is 2.75. The molecule has 1 rings (SSSR count). The van der Waals surface area contributed by atoms with Crippen LogP contribution >= 0.6 is 0 Å². The summed E-state index contributed by atoms with van der Waals surface area (Å²) < 4.78 is 25.2. The zero-order valence-electron chi connectivity index (χ0n) is 20.9. The van der Waals surface area contributed by atoms with E-state index in [1.54, 1.807) is 0 Å². The van der Waals surface area contributed by atoms with Crippen molar-refractivity contribution in [2.24, 2.45) is 5.92 Å². The molecule has 30 heavy (non-hydrogen) atoms. The third-order valence-corrected chi connectivity index (χ3v) is 15.9. The van der Waals surface area contributed by atoms with E-state index >= 15 is 0 Å². The number of carbonyl (C=O) groups excluding carboxylic acids is 1. The Morgan fingerprint density at radius 2 is 1.27 bits per heavy atom. The van der Waals surface area contributed by atoms with Gasteiger partial charge in [0.15, 0.2) is 25.0 Å². The first-order valence-corrected chi connectivity index (χ1v) is 23.6. The zero-order chi connectivity index (χ0) is 23.1. The van der Waals surface area contributed by atoms with Gasteiger partial charge >= 0.3 is 14.8 Å². The van der Waals surface area contributed by atoms with Gasteiger partial charge in [-0.25, -0.2) is 0 Å². The lowest BCUT2D eigenvalue weighted by Crippen LogP contribution is -2.59. The second-order valence-electron chi connectivity index (χ2n) is 11.4. The molecular formula is C21H46O5Si4. The Morgan fingerprint density at radius 3 is 1.70 bits per heavy atom. The van der Waals surface area contributed by atoms with Gasteiger partial charge in [0.1, 0.15) is 6.61 Å². The predicted molar refractivity (Wildman–Crippen MR) is 135 cm³/mol. The highest BCUT2D eigenvalue weighted by Crippen LogP contribution is 2.28. The summed E-state index contributed by atoms with van der Waals surface area (Å²) in [7, 11) is -8.73. The highest BCUT2D eigenvalue weighted by Gasteiger charge is 2.48. The predicted octanol–water partition coefficient (Wildman–Crippen LogP) is 6.48. The Labute approximate surface area is 189 Å². The molecule has 0 aromatic heterocycles. The van der Waals surface area contributed by atoms with E-state index in [4.69, 9.17) is 17.1 Å². The van der Waals surface area contributed by atoms with Crippen molar-refractivity contribution in [1.82, 2.24) is 0 Å². The summed E-state index contributed by atoms with van der Waals surface area (Å²) >= 11 is 0. The molecule has 1 aliphatic rings. The molecule has 0 aliphatic heterocycles. The molecule has 1 fully saturated rings. The minimum Gasteiger partial charge on any atom is -0.461 e. The average molecular weight is 491 g/mol. The fourth-order valence-electron chi connectivity index (χ4n) is 3.65. The van der Waals surface area contributed by atoms with Crippen molar-refractivity contribution in [2.75, 3.05) is 6.61 Å². The molecule has 0 heterocycles. The highest BCUT2D eigenvalue weighted by molar-refractivity contribution is 6.92. The van der Waals surface area contributed by atoms with Crippen LogP contribution < -0.4 is 0 Å². The number of hydrogen-bond donors (Lipinski definition) is 0. The first kappa shape index (κ1) is 28.0. The first-order valence-electron chi connectivity index (χ1n) is 11.5. The second-order valence-corrected chi connectivity index (χ2v) is 28.0. The van der Waals surface area contributed by atoms with Gasteiger partial charge < -0.3 is 17.1 Å². The van der Waals surface area contributed by atoms with Gasteiger partial charge in [-0.2, -0.15) is 0 Å². The van der Waals surface area contributed by atoms with Crippen LogP contribution in [0.25, 0.3) is 0 Å². The minimum absolute atomic E-state index is 0.110. The lowest BCUT2D eigenvalue weighted by molar-refractivity contribution is -0.142. The number of esters is 1. The van der Waals surface area contributed by atoms with Gasteiger partial charge in [0.25, 0.3) is 0 Å². The monoisotopic (exact) mass is 490 g/mol. The maximum Gasteiger partial charge on any atom is 0.497 e. The SMILES string of the molecule is C[Si](C)(C)O[Si](/C=C/COC(=O)CCC1CCCCC1)(O[Si](C)(C)C)O[Si](C)(C)C. The van der Waals surface area contributed by atoms with Crippen LogP contribution in [0, 0.1) is 5.92 Å². The topological polar surface area (TPSA) is 54.0 Å². The molecule has 0 saturated heterocycles. The van der Waals surface area contributed by atoms with Crippen LogP contribution in [0.2, 0.25) is 58.9 Å². The molecule has 1 saturated carbocycles. The number of ether oxygens (including phenoxy) is 1. The summed E-state index contributed by atoms with van der Waals surface area (Å²) in [5.41, 5.74) is 1.97. The van der Waals surface area contributed by atoms with E-state index in [9.17, 15) is 4.79 Å². The quantitative estimate of drug-likeness (QED) is 0.231. The van der Waals surface area contributed by atoms with Crippen molar-refractivity contribution in [3.05, 3.63) is 11.8 Å². The van der Waals surface area contributed by atoms with E-state index < -0.39 is 33.8 Å². The van der Waals surface area contributed by atoms with E-state index in [2.05, 4.69) is 58.9 Å². The van der Waals surface area contributed by atoms with Crippen molar-refractivity contribution in [2.45, 2.75) is 104 Å². The fourth-order valence-corrected chi connectivity index (χ4v) is 16.7. The van der Waals surface area contributed by atoms with Gasteiger partial charge in [0, 0.05) is 6.42 Å². The fraction of sp³-hybridized carbons (Fsp3) is 0.857. The van der Waals surface area contributed by atoms with Gasteiger partial charge in [-0.05, 0) is 83.0 Å². The number of hydrogen-bond acceptors (Lipinski definition) is 5. The third-order valence-electron chi connectivity index (χ3n) is 4.49. The lowest BCUT2D eigenvalue weighted by Gasteiger charge is -2.41. The van der Waals surface area contributed by atoms with E-state index in [0.717, 1.165) is 6.42 Å². The van der Waals surface area contributed by atoms with Crippen LogP contribution in [0.4, 0.5) is 0 Å². The van der Waals surface area contributed by atoms with Gasteiger partial charge in [0.2, 0.25) is 0 Å². The summed E-state index contributed by atoms with van der Waals surface area (Å²) in [4.78, 5) is 12.2. The van der Waals surface area contributed by atoms with Crippen LogP contribution in [-0.4, -0.2) is 46.3 Å². The van der Waals surface area contributed by atoms with Gasteiger partial charge in [-0.15, -0.1) is 0 Å². The number of carbonyl (C=O) groups is 1. The van der Waals surface area contributed by atoms with Crippen molar-refractivity contribution >= 4 is 39.7 Å². The van der Waals surface area contributed by atoms with Crippen molar-refractivity contribution < 1.29 is 21.9 Å². The lowest BCUT2D eigenvalue weighted by atomic mass is 9.86. The molecule has 0 aromatic carbocycles. The van der Waals surface area contributed by atoms with Crippen LogP contribution in [0.3, 0.4) is 0 Å². The molecule has 0 unspecified atom stereocenters. The molecule has 0 bridgehead atoms. The van der Waals surface area contributed by atoms with E-state index in [1.807, 2.05) is 11.8 Å². The normalized spacial score (nSPS) is 17.5. The molecular weight excluding hydrogens is 445 g/mol. The number of rotatable bonds is 12. The van der Waals surface area contributed by atoms with E-state index in [0.29, 0.717) is 12.3 Å². The molecule has 1 aliphatic carbocycles. The molecule has 176 valence electrons. The molecule has 9 heteroatoms. The van der Waals surface area contributed by atoms with Crippen LogP contribution in [0.5, 0.6) is 0 Å². The molecule has 0 radical (unpaired) electrons. The van der Waals surface area contributed by atoms with Gasteiger partial charge in [0.05, 0.1) is 0 Å². The van der Waals surface area contributed by atoms with E-state index in [1.165, 1.54) is 32.1 Å². The average Bonchev–Trinajstić information content (AvgIpc) is 2.53. The minimum atomic E-state index is -3.01. The smallest absolute Gasteiger partial charge is 0.461 e. The maximum absolute atomic E-state index is 12.2. The third kappa shape index (κ3) is 13.4. The Bertz CT molecular complexity index is 514. The Kier molecular flexibility index (Phi) is 10.9. The van der Waals surface area contributed by atoms with Gasteiger partial charge in [-0.1, -0.05) is 32.1 Å². The van der Waals surface area contributed by atoms with Crippen LogP contribution in [0.1, 0.15) is 44.9 Å². The Hall–Kier alpha value is -0.0425. The molecule has 0 atom stereocenters. The van der Waals surface area contributed by atoms with Crippen LogP contribution in [0.15, 0.2) is 11.8 Å².